The third kappa shape index (κ3) is 11.8. The molecule has 2 rings (SSSR count). The highest BCUT2D eigenvalue weighted by Gasteiger charge is 2.30. The summed E-state index contributed by atoms with van der Waals surface area (Å²) in [6, 6.07) is 17.2. The summed E-state index contributed by atoms with van der Waals surface area (Å²) < 4.78 is 5.11. The van der Waals surface area contributed by atoms with Crippen LogP contribution in [0.25, 0.3) is 0 Å². The number of ether oxygens (including phenoxy) is 1. The summed E-state index contributed by atoms with van der Waals surface area (Å²) in [4.78, 5) is 38.3. The van der Waals surface area contributed by atoms with Crippen LogP contribution >= 0.6 is 0 Å². The number of hydrogen-bond acceptors (Lipinski definition) is 4. The molecule has 1 atom stereocenters. The van der Waals surface area contributed by atoms with Gasteiger partial charge in [-0.25, -0.2) is 4.79 Å². The Labute approximate surface area is 217 Å². The van der Waals surface area contributed by atoms with Gasteiger partial charge in [-0.3, -0.25) is 9.59 Å². The minimum absolute atomic E-state index is 0.281. The number of Topliss-reactive ketones (excluding diaryl/α,β-unsaturated/α-hetero) is 1. The maximum absolute atomic E-state index is 13.1. The van der Waals surface area contributed by atoms with E-state index in [1.807, 2.05) is 6.07 Å². The molecule has 0 spiro atoms. The van der Waals surface area contributed by atoms with Gasteiger partial charge in [-0.15, -0.1) is 0 Å². The van der Waals surface area contributed by atoms with Crippen LogP contribution in [0.3, 0.4) is 0 Å². The van der Waals surface area contributed by atoms with Crippen molar-refractivity contribution < 1.29 is 19.1 Å². The molecule has 0 heterocycles. The number of carbonyl (C=O) groups is 3. The Morgan fingerprint density at radius 3 is 1.47 bits per heavy atom. The Balaban J connectivity index is 1.70. The van der Waals surface area contributed by atoms with E-state index in [0.29, 0.717) is 17.5 Å². The fourth-order valence-corrected chi connectivity index (χ4v) is 4.50. The molecule has 0 aliphatic heterocycles. The molecule has 2 aromatic rings. The number of carbonyl (C=O) groups excluding carboxylic acids is 3. The van der Waals surface area contributed by atoms with E-state index in [2.05, 4.69) is 6.92 Å². The van der Waals surface area contributed by atoms with Gasteiger partial charge < -0.3 is 4.74 Å². The van der Waals surface area contributed by atoms with E-state index in [0.717, 1.165) is 19.3 Å². The Kier molecular flexibility index (Phi) is 15.2. The first kappa shape index (κ1) is 29.5. The van der Waals surface area contributed by atoms with Gasteiger partial charge in [0.2, 0.25) is 0 Å². The molecule has 0 saturated carbocycles. The van der Waals surface area contributed by atoms with Gasteiger partial charge in [-0.2, -0.15) is 0 Å². The predicted molar refractivity (Wildman–Crippen MR) is 146 cm³/mol. The van der Waals surface area contributed by atoms with Crippen molar-refractivity contribution in [2.45, 2.75) is 103 Å². The summed E-state index contributed by atoms with van der Waals surface area (Å²) in [5.74, 6) is -2.71. The summed E-state index contributed by atoms with van der Waals surface area (Å²) in [5.41, 5.74) is 0.769. The predicted octanol–water partition coefficient (Wildman–Crippen LogP) is 8.74. The van der Waals surface area contributed by atoms with Crippen molar-refractivity contribution in [2.24, 2.45) is 5.92 Å². The summed E-state index contributed by atoms with van der Waals surface area (Å²) >= 11 is 0. The number of esters is 2. The van der Waals surface area contributed by atoms with Crippen molar-refractivity contribution >= 4 is 17.7 Å². The first-order chi connectivity index (χ1) is 17.6. The zero-order chi connectivity index (χ0) is 25.8. The standard InChI is InChI=1S/C32H44O4/c1-2-3-4-5-6-7-8-9-10-11-12-13-14-21-26-29(30(33)27-22-17-15-18-23-27)32(35)36-31(34)28-24-19-16-20-25-28/h15-20,22-25,29H,2-14,21,26H2,1H3. The lowest BCUT2D eigenvalue weighted by molar-refractivity contribution is -0.141. The molecule has 0 bridgehead atoms. The van der Waals surface area contributed by atoms with E-state index >= 15 is 0 Å². The van der Waals surface area contributed by atoms with Gasteiger partial charge in [-0.1, -0.05) is 145 Å². The first-order valence-electron chi connectivity index (χ1n) is 14.0. The van der Waals surface area contributed by atoms with E-state index in [9.17, 15) is 14.4 Å². The largest absolute Gasteiger partial charge is 0.389 e. The lowest BCUT2D eigenvalue weighted by atomic mass is 9.92. The van der Waals surface area contributed by atoms with Crippen LogP contribution in [0.15, 0.2) is 60.7 Å². The summed E-state index contributed by atoms with van der Waals surface area (Å²) in [6.45, 7) is 2.26. The van der Waals surface area contributed by atoms with Gasteiger partial charge in [-0.05, 0) is 18.6 Å². The second-order valence-corrected chi connectivity index (χ2v) is 9.74. The van der Waals surface area contributed by atoms with Crippen LogP contribution in [0, 0.1) is 5.92 Å². The molecule has 4 heteroatoms. The molecule has 0 fully saturated rings. The van der Waals surface area contributed by atoms with Crippen molar-refractivity contribution in [1.82, 2.24) is 0 Å². The van der Waals surface area contributed by atoms with Gasteiger partial charge in [0.1, 0.15) is 5.92 Å². The molecule has 0 aromatic heterocycles. The molecular formula is C32H44O4. The monoisotopic (exact) mass is 492 g/mol. The van der Waals surface area contributed by atoms with Crippen LogP contribution < -0.4 is 0 Å². The van der Waals surface area contributed by atoms with Crippen molar-refractivity contribution in [3.05, 3.63) is 71.8 Å². The zero-order valence-corrected chi connectivity index (χ0v) is 22.1. The third-order valence-electron chi connectivity index (χ3n) is 6.71. The molecule has 0 aliphatic rings. The van der Waals surface area contributed by atoms with Crippen LogP contribution in [-0.2, 0) is 9.53 Å². The lowest BCUT2D eigenvalue weighted by Gasteiger charge is -2.14. The lowest BCUT2D eigenvalue weighted by Crippen LogP contribution is -2.28. The zero-order valence-electron chi connectivity index (χ0n) is 22.1. The van der Waals surface area contributed by atoms with Crippen molar-refractivity contribution in [1.29, 1.82) is 0 Å². The molecule has 2 aromatic carbocycles. The van der Waals surface area contributed by atoms with Crippen molar-refractivity contribution in [2.75, 3.05) is 0 Å². The summed E-state index contributed by atoms with van der Waals surface area (Å²) in [7, 11) is 0. The molecule has 4 nitrogen and oxygen atoms in total. The third-order valence-corrected chi connectivity index (χ3v) is 6.71. The molecule has 36 heavy (non-hydrogen) atoms. The van der Waals surface area contributed by atoms with Crippen LogP contribution in [-0.4, -0.2) is 17.7 Å². The normalized spacial score (nSPS) is 11.7. The molecule has 1 unspecified atom stereocenters. The van der Waals surface area contributed by atoms with Crippen LogP contribution in [0.4, 0.5) is 0 Å². The molecule has 0 amide bonds. The van der Waals surface area contributed by atoms with Crippen LogP contribution in [0.5, 0.6) is 0 Å². The fourth-order valence-electron chi connectivity index (χ4n) is 4.50. The second kappa shape index (κ2) is 18.5. The highest BCUT2D eigenvalue weighted by atomic mass is 16.6. The Hall–Kier alpha value is -2.75. The summed E-state index contributed by atoms with van der Waals surface area (Å²) in [6.07, 6.45) is 17.8. The number of unbranched alkanes of at least 4 members (excludes halogenated alkanes) is 13. The van der Waals surface area contributed by atoms with E-state index in [4.69, 9.17) is 4.74 Å². The van der Waals surface area contributed by atoms with E-state index in [1.165, 1.54) is 70.6 Å². The van der Waals surface area contributed by atoms with E-state index in [1.54, 1.807) is 54.6 Å². The fraction of sp³-hybridized carbons (Fsp3) is 0.531. The van der Waals surface area contributed by atoms with E-state index in [-0.39, 0.29) is 5.78 Å². The maximum Gasteiger partial charge on any atom is 0.345 e. The number of rotatable bonds is 19. The molecule has 0 saturated heterocycles. The Bertz CT molecular complexity index is 876. The highest BCUT2D eigenvalue weighted by Crippen LogP contribution is 2.20. The minimum atomic E-state index is -0.961. The highest BCUT2D eigenvalue weighted by molar-refractivity contribution is 6.11. The number of hydrogen-bond donors (Lipinski definition) is 0. The van der Waals surface area contributed by atoms with Gasteiger partial charge >= 0.3 is 11.9 Å². The van der Waals surface area contributed by atoms with Crippen molar-refractivity contribution in [3.8, 4) is 0 Å². The number of ketones is 1. The topological polar surface area (TPSA) is 60.4 Å². The molecule has 0 N–H and O–H groups in total. The van der Waals surface area contributed by atoms with Gasteiger partial charge in [0, 0.05) is 5.56 Å². The van der Waals surface area contributed by atoms with Gasteiger partial charge in [0.05, 0.1) is 5.56 Å². The molecular weight excluding hydrogens is 448 g/mol. The van der Waals surface area contributed by atoms with Crippen molar-refractivity contribution in [3.63, 3.8) is 0 Å². The molecule has 0 aliphatic carbocycles. The second-order valence-electron chi connectivity index (χ2n) is 9.74. The van der Waals surface area contributed by atoms with Crippen LogP contribution in [0.2, 0.25) is 0 Å². The molecule has 0 radical (unpaired) electrons. The minimum Gasteiger partial charge on any atom is -0.389 e. The Morgan fingerprint density at radius 1 is 0.583 bits per heavy atom. The summed E-state index contributed by atoms with van der Waals surface area (Å²) in [5, 5.41) is 0. The Morgan fingerprint density at radius 2 is 1.00 bits per heavy atom. The van der Waals surface area contributed by atoms with Gasteiger partial charge in [0.25, 0.3) is 0 Å². The maximum atomic E-state index is 13.1. The molecule has 196 valence electrons. The van der Waals surface area contributed by atoms with Crippen LogP contribution in [0.1, 0.15) is 124 Å². The average molecular weight is 493 g/mol. The van der Waals surface area contributed by atoms with Gasteiger partial charge in [0.15, 0.2) is 5.78 Å². The first-order valence-corrected chi connectivity index (χ1v) is 14.0. The van der Waals surface area contributed by atoms with E-state index < -0.39 is 17.9 Å². The average Bonchev–Trinajstić information content (AvgIpc) is 2.91. The quantitative estimate of drug-likeness (QED) is 0.0851. The smallest absolute Gasteiger partial charge is 0.345 e. The number of benzene rings is 2. The SMILES string of the molecule is CCCCCCCCCCCCCCCCC(C(=O)OC(=O)c1ccccc1)C(=O)c1ccccc1.